The van der Waals surface area contributed by atoms with E-state index < -0.39 is 0 Å². The van der Waals surface area contributed by atoms with Gasteiger partial charge in [0.1, 0.15) is 12.2 Å². The van der Waals surface area contributed by atoms with Crippen LogP contribution in [0.4, 0.5) is 0 Å². The molecule has 7 heteroatoms. The molecule has 5 rings (SSSR count). The molecular formula is C22H27N5O2. The lowest BCUT2D eigenvalue weighted by atomic mass is 9.73. The highest BCUT2D eigenvalue weighted by Crippen LogP contribution is 2.54. The maximum Gasteiger partial charge on any atom is 0.244 e. The van der Waals surface area contributed by atoms with Gasteiger partial charge in [0.2, 0.25) is 5.91 Å². The third kappa shape index (κ3) is 3.49. The van der Waals surface area contributed by atoms with Gasteiger partial charge in [-0.15, -0.1) is 10.2 Å². The Labute approximate surface area is 170 Å². The Morgan fingerprint density at radius 3 is 3.03 bits per heavy atom. The first-order valence-corrected chi connectivity index (χ1v) is 10.4. The predicted octanol–water partition coefficient (Wildman–Crippen LogP) is 1.62. The SMILES string of the molecule is Cn1cnnc1CN1C[C@@H]2[C@H](CNC(=O)C=Cc3ccccc3)[C@H]3CC[C@]2(C1)O3. The minimum atomic E-state index is -0.0431. The number of benzene rings is 1. The third-order valence-electron chi connectivity index (χ3n) is 6.76. The van der Waals surface area contributed by atoms with Crippen molar-refractivity contribution in [1.82, 2.24) is 25.0 Å². The zero-order valence-electron chi connectivity index (χ0n) is 16.7. The number of carbonyl (C=O) groups excluding carboxylic acids is 1. The number of nitrogens with zero attached hydrogens (tertiary/aromatic N) is 4. The lowest BCUT2D eigenvalue weighted by Crippen LogP contribution is -2.41. The molecule has 29 heavy (non-hydrogen) atoms. The van der Waals surface area contributed by atoms with E-state index in [9.17, 15) is 4.79 Å². The van der Waals surface area contributed by atoms with Crippen LogP contribution in [-0.4, -0.2) is 56.9 Å². The van der Waals surface area contributed by atoms with Crippen LogP contribution in [0.25, 0.3) is 6.08 Å². The third-order valence-corrected chi connectivity index (χ3v) is 6.76. The fourth-order valence-corrected chi connectivity index (χ4v) is 5.34. The van der Waals surface area contributed by atoms with E-state index in [-0.39, 0.29) is 17.6 Å². The van der Waals surface area contributed by atoms with Gasteiger partial charge in [0.15, 0.2) is 0 Å². The summed E-state index contributed by atoms with van der Waals surface area (Å²) >= 11 is 0. The molecule has 0 unspecified atom stereocenters. The van der Waals surface area contributed by atoms with E-state index in [1.54, 1.807) is 12.4 Å². The summed E-state index contributed by atoms with van der Waals surface area (Å²) in [7, 11) is 1.98. The smallest absolute Gasteiger partial charge is 0.244 e. The number of hydrogen-bond donors (Lipinski definition) is 1. The summed E-state index contributed by atoms with van der Waals surface area (Å²) in [5.74, 6) is 1.78. The van der Waals surface area contributed by atoms with Crippen LogP contribution in [0.5, 0.6) is 0 Å². The maximum atomic E-state index is 12.3. The topological polar surface area (TPSA) is 72.3 Å². The van der Waals surface area contributed by atoms with Crippen molar-refractivity contribution in [1.29, 1.82) is 0 Å². The molecule has 1 N–H and O–H groups in total. The van der Waals surface area contributed by atoms with E-state index in [1.807, 2.05) is 48.0 Å². The van der Waals surface area contributed by atoms with Gasteiger partial charge >= 0.3 is 0 Å². The molecule has 3 fully saturated rings. The molecule has 3 aliphatic rings. The van der Waals surface area contributed by atoms with E-state index in [0.717, 1.165) is 43.9 Å². The Kier molecular flexibility index (Phi) is 4.72. The molecule has 1 amide bonds. The number of ether oxygens (including phenoxy) is 1. The first-order chi connectivity index (χ1) is 14.1. The number of nitrogens with one attached hydrogen (secondary N) is 1. The van der Waals surface area contributed by atoms with Gasteiger partial charge in [0, 0.05) is 44.6 Å². The number of aryl methyl sites for hydroxylation is 1. The van der Waals surface area contributed by atoms with Crippen molar-refractivity contribution < 1.29 is 9.53 Å². The second kappa shape index (κ2) is 7.39. The van der Waals surface area contributed by atoms with Crippen molar-refractivity contribution in [2.75, 3.05) is 19.6 Å². The molecule has 7 nitrogen and oxygen atoms in total. The summed E-state index contributed by atoms with van der Waals surface area (Å²) in [5.41, 5.74) is 0.985. The molecular weight excluding hydrogens is 366 g/mol. The standard InChI is InChI=1S/C22H27N5O2/c1-26-15-24-25-20(26)13-27-12-18-17(19-9-10-22(18,14-27)29-19)11-23-21(28)8-7-16-5-3-2-4-6-16/h2-8,15,17-19H,9-14H2,1H3,(H,23,28)/t17-,18+,19+,22+/m0/s1. The first-order valence-electron chi connectivity index (χ1n) is 10.4. The van der Waals surface area contributed by atoms with Gasteiger partial charge in [0.05, 0.1) is 18.2 Å². The molecule has 4 heterocycles. The number of fused-ring (bicyclic) bond motifs is 1. The van der Waals surface area contributed by atoms with Crippen LogP contribution in [-0.2, 0) is 23.1 Å². The molecule has 1 aromatic carbocycles. The van der Waals surface area contributed by atoms with Crippen molar-refractivity contribution in [3.63, 3.8) is 0 Å². The van der Waals surface area contributed by atoms with Gasteiger partial charge < -0.3 is 14.6 Å². The molecule has 0 aliphatic carbocycles. The minimum Gasteiger partial charge on any atom is -0.370 e. The molecule has 0 radical (unpaired) electrons. The van der Waals surface area contributed by atoms with Gasteiger partial charge in [-0.3, -0.25) is 9.69 Å². The molecule has 2 aromatic rings. The van der Waals surface area contributed by atoms with Crippen molar-refractivity contribution in [3.05, 3.63) is 54.1 Å². The monoisotopic (exact) mass is 393 g/mol. The zero-order chi connectivity index (χ0) is 19.8. The normalized spacial score (nSPS) is 30.9. The van der Waals surface area contributed by atoms with Crippen LogP contribution >= 0.6 is 0 Å². The van der Waals surface area contributed by atoms with Gasteiger partial charge in [-0.2, -0.15) is 0 Å². The Morgan fingerprint density at radius 1 is 1.38 bits per heavy atom. The average Bonchev–Trinajstić information content (AvgIpc) is 3.47. The Hall–Kier alpha value is -2.51. The van der Waals surface area contributed by atoms with Crippen LogP contribution in [0, 0.1) is 11.8 Å². The van der Waals surface area contributed by atoms with E-state index >= 15 is 0 Å². The summed E-state index contributed by atoms with van der Waals surface area (Å²) < 4.78 is 8.46. The van der Waals surface area contributed by atoms with E-state index in [2.05, 4.69) is 20.4 Å². The Bertz CT molecular complexity index is 911. The van der Waals surface area contributed by atoms with E-state index in [0.29, 0.717) is 18.4 Å². The summed E-state index contributed by atoms with van der Waals surface area (Å²) in [4.78, 5) is 14.7. The number of aromatic nitrogens is 3. The molecule has 3 aliphatic heterocycles. The van der Waals surface area contributed by atoms with Gasteiger partial charge in [-0.1, -0.05) is 30.3 Å². The molecule has 1 spiro atoms. The fourth-order valence-electron chi connectivity index (χ4n) is 5.34. The lowest BCUT2D eigenvalue weighted by molar-refractivity contribution is -0.116. The second-order valence-corrected chi connectivity index (χ2v) is 8.55. The van der Waals surface area contributed by atoms with Gasteiger partial charge in [-0.05, 0) is 24.5 Å². The van der Waals surface area contributed by atoms with Crippen LogP contribution in [0.2, 0.25) is 0 Å². The number of hydrogen-bond acceptors (Lipinski definition) is 5. The van der Waals surface area contributed by atoms with E-state index in [1.165, 1.54) is 0 Å². The molecule has 4 atom stereocenters. The molecule has 1 aromatic heterocycles. The highest BCUT2D eigenvalue weighted by Gasteiger charge is 2.62. The van der Waals surface area contributed by atoms with Crippen molar-refractivity contribution >= 4 is 12.0 Å². The summed E-state index contributed by atoms with van der Waals surface area (Å²) in [5, 5.41) is 11.3. The van der Waals surface area contributed by atoms with E-state index in [4.69, 9.17) is 4.74 Å². The highest BCUT2D eigenvalue weighted by atomic mass is 16.5. The lowest BCUT2D eigenvalue weighted by Gasteiger charge is -2.29. The fraction of sp³-hybridized carbons (Fsp3) is 0.500. The number of amides is 1. The molecule has 152 valence electrons. The zero-order valence-corrected chi connectivity index (χ0v) is 16.7. The van der Waals surface area contributed by atoms with Crippen molar-refractivity contribution in [3.8, 4) is 0 Å². The quantitative estimate of drug-likeness (QED) is 0.755. The van der Waals surface area contributed by atoms with Crippen LogP contribution in [0.15, 0.2) is 42.7 Å². The largest absolute Gasteiger partial charge is 0.370 e. The maximum absolute atomic E-state index is 12.3. The van der Waals surface area contributed by atoms with Crippen molar-refractivity contribution in [2.45, 2.75) is 31.1 Å². The summed E-state index contributed by atoms with van der Waals surface area (Å²) in [6, 6.07) is 9.88. The van der Waals surface area contributed by atoms with Crippen molar-refractivity contribution in [2.24, 2.45) is 18.9 Å². The second-order valence-electron chi connectivity index (χ2n) is 8.55. The number of likely N-dealkylation sites (tertiary alicyclic amines) is 1. The van der Waals surface area contributed by atoms with Crippen LogP contribution in [0.3, 0.4) is 0 Å². The van der Waals surface area contributed by atoms with Crippen LogP contribution in [0.1, 0.15) is 24.2 Å². The first kappa shape index (κ1) is 18.5. The average molecular weight is 393 g/mol. The number of rotatable bonds is 6. The van der Waals surface area contributed by atoms with Gasteiger partial charge in [-0.25, -0.2) is 0 Å². The predicted molar refractivity (Wildman–Crippen MR) is 109 cm³/mol. The molecule has 0 saturated carbocycles. The molecule has 2 bridgehead atoms. The summed E-state index contributed by atoms with van der Waals surface area (Å²) in [6.07, 6.45) is 7.70. The highest BCUT2D eigenvalue weighted by molar-refractivity contribution is 5.91. The van der Waals surface area contributed by atoms with Gasteiger partial charge in [0.25, 0.3) is 0 Å². The van der Waals surface area contributed by atoms with Crippen LogP contribution < -0.4 is 5.32 Å². The molecule has 3 saturated heterocycles. The Morgan fingerprint density at radius 2 is 2.24 bits per heavy atom. The summed E-state index contributed by atoms with van der Waals surface area (Å²) in [6.45, 7) is 3.40. The number of carbonyl (C=O) groups is 1. The Balaban J connectivity index is 1.20. The minimum absolute atomic E-state index is 0.0420.